The lowest BCUT2D eigenvalue weighted by molar-refractivity contribution is -0.120. The molecule has 0 bridgehead atoms. The van der Waals surface area contributed by atoms with E-state index >= 15 is 0 Å². The van der Waals surface area contributed by atoms with E-state index in [1.807, 2.05) is 18.2 Å². The highest BCUT2D eigenvalue weighted by molar-refractivity contribution is 5.91. The van der Waals surface area contributed by atoms with Crippen molar-refractivity contribution in [3.63, 3.8) is 0 Å². The summed E-state index contributed by atoms with van der Waals surface area (Å²) in [6.07, 6.45) is 10.3. The van der Waals surface area contributed by atoms with E-state index in [0.717, 1.165) is 31.4 Å². The molecule has 2 aromatic heterocycles. The minimum Gasteiger partial charge on any atom is -0.350 e. The fourth-order valence-electron chi connectivity index (χ4n) is 3.68. The van der Waals surface area contributed by atoms with Crippen molar-refractivity contribution in [2.75, 3.05) is 6.54 Å². The average Bonchev–Trinajstić information content (AvgIpc) is 2.72. The van der Waals surface area contributed by atoms with Gasteiger partial charge in [-0.25, -0.2) is 4.98 Å². The van der Waals surface area contributed by atoms with Gasteiger partial charge in [-0.15, -0.1) is 0 Å². The molecule has 1 saturated carbocycles. The minimum atomic E-state index is -0.185. The normalized spacial score (nSPS) is 20.5. The zero-order valence-electron chi connectivity index (χ0n) is 15.5. The third-order valence-electron chi connectivity index (χ3n) is 5.08. The van der Waals surface area contributed by atoms with Crippen LogP contribution in [-0.4, -0.2) is 33.3 Å². The highest BCUT2D eigenvalue weighted by atomic mass is 16.2. The molecule has 0 spiro atoms. The van der Waals surface area contributed by atoms with E-state index in [0.29, 0.717) is 24.1 Å². The molecule has 1 aliphatic carbocycles. The summed E-state index contributed by atoms with van der Waals surface area (Å²) in [5.74, 6) is 0.568. The van der Waals surface area contributed by atoms with E-state index in [4.69, 9.17) is 0 Å². The standard InChI is InChI=1S/C20H25N5O2/c1-14(26)25-19(17-4-2-3-9-22-17)16-7-5-15(6-8-16)12-24-20(27)18-13-21-10-11-23-18/h2-4,9-11,13,15-16,19H,5-8,12H2,1H3,(H,24,27)(H,25,26)/t15?,16?,19-/m1/s1. The van der Waals surface area contributed by atoms with Crippen molar-refractivity contribution in [1.82, 2.24) is 25.6 Å². The van der Waals surface area contributed by atoms with Crippen molar-refractivity contribution in [3.05, 3.63) is 54.4 Å². The predicted molar refractivity (Wildman–Crippen MR) is 101 cm³/mol. The Bertz CT molecular complexity index is 745. The van der Waals surface area contributed by atoms with Crippen molar-refractivity contribution < 1.29 is 9.59 Å². The summed E-state index contributed by atoms with van der Waals surface area (Å²) in [6, 6.07) is 5.74. The van der Waals surface area contributed by atoms with E-state index in [-0.39, 0.29) is 17.9 Å². The second kappa shape index (κ2) is 9.21. The Kier molecular flexibility index (Phi) is 6.46. The molecule has 27 heavy (non-hydrogen) atoms. The van der Waals surface area contributed by atoms with Crippen LogP contribution < -0.4 is 10.6 Å². The number of carbonyl (C=O) groups excluding carboxylic acids is 2. The maximum atomic E-state index is 12.1. The number of nitrogens with zero attached hydrogens (tertiary/aromatic N) is 3. The molecule has 2 heterocycles. The van der Waals surface area contributed by atoms with Gasteiger partial charge in [0.15, 0.2) is 0 Å². The van der Waals surface area contributed by atoms with Gasteiger partial charge in [0.05, 0.1) is 17.9 Å². The molecule has 0 aromatic carbocycles. The summed E-state index contributed by atoms with van der Waals surface area (Å²) < 4.78 is 0. The Morgan fingerprint density at radius 3 is 2.56 bits per heavy atom. The molecule has 2 aromatic rings. The Balaban J connectivity index is 1.52. The molecular formula is C20H25N5O2. The number of aromatic nitrogens is 3. The van der Waals surface area contributed by atoms with E-state index in [9.17, 15) is 9.59 Å². The van der Waals surface area contributed by atoms with Crippen LogP contribution in [-0.2, 0) is 4.79 Å². The SMILES string of the molecule is CC(=O)N[C@@H](c1ccccn1)C1CCC(CNC(=O)c2cnccn2)CC1. The fraction of sp³-hybridized carbons (Fsp3) is 0.450. The molecule has 3 rings (SSSR count). The van der Waals surface area contributed by atoms with Crippen LogP contribution in [0, 0.1) is 11.8 Å². The van der Waals surface area contributed by atoms with Crippen LogP contribution in [0.5, 0.6) is 0 Å². The average molecular weight is 367 g/mol. The molecule has 7 heteroatoms. The Hall–Kier alpha value is -2.83. The van der Waals surface area contributed by atoms with Crippen LogP contribution in [0.2, 0.25) is 0 Å². The Morgan fingerprint density at radius 2 is 1.93 bits per heavy atom. The lowest BCUT2D eigenvalue weighted by Crippen LogP contribution is -2.36. The number of rotatable bonds is 6. The van der Waals surface area contributed by atoms with Gasteiger partial charge in [-0.05, 0) is 49.7 Å². The van der Waals surface area contributed by atoms with Crippen LogP contribution in [0.4, 0.5) is 0 Å². The molecule has 0 radical (unpaired) electrons. The first-order valence-electron chi connectivity index (χ1n) is 9.35. The maximum Gasteiger partial charge on any atom is 0.271 e. The van der Waals surface area contributed by atoms with Crippen LogP contribution in [0.1, 0.15) is 54.8 Å². The van der Waals surface area contributed by atoms with Crippen LogP contribution in [0.25, 0.3) is 0 Å². The largest absolute Gasteiger partial charge is 0.350 e. The van der Waals surface area contributed by atoms with Crippen molar-refractivity contribution in [2.45, 2.75) is 38.6 Å². The predicted octanol–water partition coefficient (Wildman–Crippen LogP) is 2.29. The number of hydrogen-bond donors (Lipinski definition) is 2. The molecule has 0 saturated heterocycles. The van der Waals surface area contributed by atoms with Crippen molar-refractivity contribution in [1.29, 1.82) is 0 Å². The summed E-state index contributed by atoms with van der Waals surface area (Å²) >= 11 is 0. The molecule has 1 aliphatic rings. The van der Waals surface area contributed by atoms with Gasteiger partial charge in [-0.1, -0.05) is 6.07 Å². The molecule has 142 valence electrons. The summed E-state index contributed by atoms with van der Waals surface area (Å²) in [7, 11) is 0. The first-order valence-corrected chi connectivity index (χ1v) is 9.35. The first kappa shape index (κ1) is 18.9. The minimum absolute atomic E-state index is 0.0380. The summed E-state index contributed by atoms with van der Waals surface area (Å²) in [5, 5.41) is 6.02. The van der Waals surface area contributed by atoms with Crippen LogP contribution >= 0.6 is 0 Å². The van der Waals surface area contributed by atoms with Gasteiger partial charge in [-0.3, -0.25) is 19.6 Å². The number of nitrogens with one attached hydrogen (secondary N) is 2. The van der Waals surface area contributed by atoms with E-state index in [2.05, 4.69) is 25.6 Å². The first-order chi connectivity index (χ1) is 13.1. The fourth-order valence-corrected chi connectivity index (χ4v) is 3.68. The third kappa shape index (κ3) is 5.32. The van der Waals surface area contributed by atoms with E-state index in [1.54, 1.807) is 19.3 Å². The number of pyridine rings is 1. The van der Waals surface area contributed by atoms with Gasteiger partial charge in [0.2, 0.25) is 5.91 Å². The quantitative estimate of drug-likeness (QED) is 0.816. The van der Waals surface area contributed by atoms with Gasteiger partial charge in [0.1, 0.15) is 5.69 Å². The monoisotopic (exact) mass is 367 g/mol. The highest BCUT2D eigenvalue weighted by Gasteiger charge is 2.30. The van der Waals surface area contributed by atoms with Gasteiger partial charge in [0, 0.05) is 32.1 Å². The Morgan fingerprint density at radius 1 is 1.11 bits per heavy atom. The zero-order valence-corrected chi connectivity index (χ0v) is 15.5. The lowest BCUT2D eigenvalue weighted by atomic mass is 9.77. The second-order valence-electron chi connectivity index (χ2n) is 7.01. The molecule has 0 unspecified atom stereocenters. The Labute approximate surface area is 159 Å². The zero-order chi connectivity index (χ0) is 19.1. The van der Waals surface area contributed by atoms with Crippen molar-refractivity contribution in [2.24, 2.45) is 11.8 Å². The van der Waals surface area contributed by atoms with Crippen molar-refractivity contribution >= 4 is 11.8 Å². The van der Waals surface area contributed by atoms with Gasteiger partial charge < -0.3 is 10.6 Å². The number of carbonyl (C=O) groups is 2. The molecule has 1 atom stereocenters. The topological polar surface area (TPSA) is 96.9 Å². The maximum absolute atomic E-state index is 12.1. The number of amides is 2. The second-order valence-corrected chi connectivity index (χ2v) is 7.01. The molecule has 7 nitrogen and oxygen atoms in total. The third-order valence-corrected chi connectivity index (χ3v) is 5.08. The van der Waals surface area contributed by atoms with Gasteiger partial charge >= 0.3 is 0 Å². The van der Waals surface area contributed by atoms with Gasteiger partial charge in [0.25, 0.3) is 5.91 Å². The molecular weight excluding hydrogens is 342 g/mol. The molecule has 2 amide bonds. The van der Waals surface area contributed by atoms with Gasteiger partial charge in [-0.2, -0.15) is 0 Å². The van der Waals surface area contributed by atoms with E-state index < -0.39 is 0 Å². The lowest BCUT2D eigenvalue weighted by Gasteiger charge is -2.34. The van der Waals surface area contributed by atoms with Crippen molar-refractivity contribution in [3.8, 4) is 0 Å². The highest BCUT2D eigenvalue weighted by Crippen LogP contribution is 2.36. The molecule has 1 fully saturated rings. The summed E-state index contributed by atoms with van der Waals surface area (Å²) in [4.78, 5) is 36.1. The molecule has 0 aliphatic heterocycles. The summed E-state index contributed by atoms with van der Waals surface area (Å²) in [6.45, 7) is 2.18. The van der Waals surface area contributed by atoms with Crippen LogP contribution in [0.15, 0.2) is 43.0 Å². The van der Waals surface area contributed by atoms with Crippen LogP contribution in [0.3, 0.4) is 0 Å². The summed E-state index contributed by atoms with van der Waals surface area (Å²) in [5.41, 5.74) is 1.25. The molecule has 2 N–H and O–H groups in total. The van der Waals surface area contributed by atoms with E-state index in [1.165, 1.54) is 12.4 Å². The smallest absolute Gasteiger partial charge is 0.271 e. The number of hydrogen-bond acceptors (Lipinski definition) is 5.